The number of hydrogen-bond donors (Lipinski definition) is 0. The van der Waals surface area contributed by atoms with Crippen LogP contribution in [0, 0.1) is 0 Å². The lowest BCUT2D eigenvalue weighted by Crippen LogP contribution is -2.58. The van der Waals surface area contributed by atoms with Crippen molar-refractivity contribution in [3.8, 4) is 0 Å². The van der Waals surface area contributed by atoms with Crippen LogP contribution < -0.4 is 0 Å². The van der Waals surface area contributed by atoms with Crippen LogP contribution in [0.25, 0.3) is 0 Å². The van der Waals surface area contributed by atoms with Gasteiger partial charge in [-0.2, -0.15) is 0 Å². The molecule has 0 spiro atoms. The van der Waals surface area contributed by atoms with E-state index in [1.54, 1.807) is 0 Å². The van der Waals surface area contributed by atoms with Gasteiger partial charge in [-0.05, 0) is 6.42 Å². The van der Waals surface area contributed by atoms with Gasteiger partial charge in [-0.1, -0.05) is 0 Å². The molecule has 1 rings (SSSR count). The molecule has 0 aliphatic heterocycles. The first-order valence-corrected chi connectivity index (χ1v) is 5.35. The minimum Gasteiger partial charge on any atom is -0.324 e. The van der Waals surface area contributed by atoms with Gasteiger partial charge < -0.3 is 8.97 Å². The number of nitrogens with zero attached hydrogens (tertiary/aromatic N) is 2. The van der Waals surface area contributed by atoms with E-state index < -0.39 is 0 Å². The Labute approximate surface area is 83.3 Å². The molecule has 1 fully saturated rings. The number of rotatable bonds is 2. The first-order chi connectivity index (χ1) is 5.73. The number of hydrogen-bond acceptors (Lipinski definition) is 0. The van der Waals surface area contributed by atoms with Crippen molar-refractivity contribution in [2.24, 2.45) is 0 Å². The monoisotopic (exact) mass is 186 g/mol. The second kappa shape index (κ2) is 3.25. The average Bonchev–Trinajstić information content (AvgIpc) is 2.27. The van der Waals surface area contributed by atoms with Gasteiger partial charge in [0.25, 0.3) is 0 Å². The van der Waals surface area contributed by atoms with Crippen LogP contribution in [0.3, 0.4) is 0 Å². The third-order valence-corrected chi connectivity index (χ3v) is 3.43. The summed E-state index contributed by atoms with van der Waals surface area (Å²) in [6, 6.07) is 1.69. The quantitative estimate of drug-likeness (QED) is 0.571. The molecule has 78 valence electrons. The highest BCUT2D eigenvalue weighted by Crippen LogP contribution is 2.31. The van der Waals surface area contributed by atoms with E-state index >= 15 is 0 Å². The molecule has 1 saturated carbocycles. The zero-order chi connectivity index (χ0) is 10.3. The fourth-order valence-electron chi connectivity index (χ4n) is 2.73. The summed E-state index contributed by atoms with van der Waals surface area (Å²) in [6.45, 7) is 0. The Balaban J connectivity index is 2.76. The second-order valence-corrected chi connectivity index (χ2v) is 6.30. The predicted molar refractivity (Wildman–Crippen MR) is 57.5 cm³/mol. The highest BCUT2D eigenvalue weighted by Gasteiger charge is 2.44. The van der Waals surface area contributed by atoms with Gasteiger partial charge in [-0.15, -0.1) is 0 Å². The van der Waals surface area contributed by atoms with E-state index in [0.717, 1.165) is 21.0 Å². The van der Waals surface area contributed by atoms with Crippen molar-refractivity contribution in [3.63, 3.8) is 0 Å². The summed E-state index contributed by atoms with van der Waals surface area (Å²) in [5, 5.41) is 0. The summed E-state index contributed by atoms with van der Waals surface area (Å²) in [5.41, 5.74) is 0. The third kappa shape index (κ3) is 2.44. The van der Waals surface area contributed by atoms with Crippen LogP contribution >= 0.6 is 0 Å². The van der Waals surface area contributed by atoms with Gasteiger partial charge in [0.15, 0.2) is 0 Å². The van der Waals surface area contributed by atoms with E-state index in [0.29, 0.717) is 0 Å². The van der Waals surface area contributed by atoms with Crippen molar-refractivity contribution < 1.29 is 8.97 Å². The van der Waals surface area contributed by atoms with E-state index in [1.165, 1.54) is 19.3 Å². The molecule has 0 amide bonds. The number of quaternary nitrogens is 2. The van der Waals surface area contributed by atoms with Gasteiger partial charge in [-0.3, -0.25) is 0 Å². The fourth-order valence-corrected chi connectivity index (χ4v) is 2.73. The van der Waals surface area contributed by atoms with E-state index in [4.69, 9.17) is 0 Å². The summed E-state index contributed by atoms with van der Waals surface area (Å²) < 4.78 is 2.25. The highest BCUT2D eigenvalue weighted by atomic mass is 15.4. The Bertz CT molecular complexity index is 154. The van der Waals surface area contributed by atoms with E-state index in [1.807, 2.05) is 0 Å². The van der Waals surface area contributed by atoms with E-state index in [9.17, 15) is 0 Å². The SMILES string of the molecule is C[N+](C)(C)[C@@H]1CCC[C@H]1[N+](C)(C)C. The fraction of sp³-hybridized carbons (Fsp3) is 1.00. The predicted octanol–water partition coefficient (Wildman–Crippen LogP) is 1.32. The Hall–Kier alpha value is -0.0800. The van der Waals surface area contributed by atoms with Crippen molar-refractivity contribution in [1.29, 1.82) is 0 Å². The standard InChI is InChI=1S/C11H26N2/c1-12(2,3)10-8-7-9-11(10)13(4,5)6/h10-11H,7-9H2,1-6H3/q+2/t10-,11-/m1/s1. The van der Waals surface area contributed by atoms with Crippen LogP contribution in [-0.2, 0) is 0 Å². The van der Waals surface area contributed by atoms with Gasteiger partial charge >= 0.3 is 0 Å². The Kier molecular flexibility index (Phi) is 2.75. The normalized spacial score (nSPS) is 30.9. The maximum atomic E-state index is 2.33. The lowest BCUT2D eigenvalue weighted by atomic mass is 10.1. The van der Waals surface area contributed by atoms with Gasteiger partial charge in [-0.25, -0.2) is 0 Å². The van der Waals surface area contributed by atoms with Crippen molar-refractivity contribution >= 4 is 0 Å². The minimum atomic E-state index is 0.847. The molecule has 2 nitrogen and oxygen atoms in total. The van der Waals surface area contributed by atoms with Crippen molar-refractivity contribution in [2.75, 3.05) is 42.3 Å². The van der Waals surface area contributed by atoms with Gasteiger partial charge in [0.2, 0.25) is 0 Å². The van der Waals surface area contributed by atoms with Crippen molar-refractivity contribution in [2.45, 2.75) is 31.3 Å². The molecule has 0 aromatic heterocycles. The first-order valence-electron chi connectivity index (χ1n) is 5.35. The number of likely N-dealkylation sites (N-methyl/N-ethyl adjacent to an activating group) is 2. The zero-order valence-corrected chi connectivity index (χ0v) is 10.2. The molecule has 2 atom stereocenters. The van der Waals surface area contributed by atoms with Crippen LogP contribution in [0.15, 0.2) is 0 Å². The topological polar surface area (TPSA) is 0 Å². The maximum Gasteiger partial charge on any atom is 0.141 e. The van der Waals surface area contributed by atoms with Gasteiger partial charge in [0.05, 0.1) is 42.3 Å². The summed E-state index contributed by atoms with van der Waals surface area (Å²) in [6.07, 6.45) is 4.23. The summed E-state index contributed by atoms with van der Waals surface area (Å²) in [4.78, 5) is 0. The largest absolute Gasteiger partial charge is 0.324 e. The van der Waals surface area contributed by atoms with E-state index in [-0.39, 0.29) is 0 Å². The maximum absolute atomic E-state index is 2.33. The molecule has 0 aromatic carbocycles. The third-order valence-electron chi connectivity index (χ3n) is 3.43. The molecule has 1 aliphatic carbocycles. The molecule has 0 unspecified atom stereocenters. The van der Waals surface area contributed by atoms with Crippen LogP contribution in [-0.4, -0.2) is 63.3 Å². The van der Waals surface area contributed by atoms with E-state index in [2.05, 4.69) is 42.3 Å². The van der Waals surface area contributed by atoms with Crippen LogP contribution in [0.5, 0.6) is 0 Å². The molecule has 0 heterocycles. The molecule has 0 saturated heterocycles. The summed E-state index contributed by atoms with van der Waals surface area (Å²) >= 11 is 0. The second-order valence-electron chi connectivity index (χ2n) is 6.30. The lowest BCUT2D eigenvalue weighted by molar-refractivity contribution is -0.962. The zero-order valence-electron chi connectivity index (χ0n) is 10.2. The van der Waals surface area contributed by atoms with Gasteiger partial charge in [0, 0.05) is 12.8 Å². The molecule has 0 bridgehead atoms. The Morgan fingerprint density at radius 1 is 0.692 bits per heavy atom. The average molecular weight is 186 g/mol. The first kappa shape index (κ1) is 11.0. The summed E-state index contributed by atoms with van der Waals surface area (Å²) in [7, 11) is 14.0. The van der Waals surface area contributed by atoms with Crippen molar-refractivity contribution in [1.82, 2.24) is 0 Å². The molecule has 0 aromatic rings. The minimum absolute atomic E-state index is 0.847. The molecule has 2 heteroatoms. The summed E-state index contributed by atoms with van der Waals surface area (Å²) in [5.74, 6) is 0. The molecule has 1 aliphatic rings. The smallest absolute Gasteiger partial charge is 0.141 e. The van der Waals surface area contributed by atoms with Crippen LogP contribution in [0.4, 0.5) is 0 Å². The molecular weight excluding hydrogens is 160 g/mol. The Morgan fingerprint density at radius 3 is 1.23 bits per heavy atom. The molecule has 0 radical (unpaired) electrons. The molecular formula is C11H26N2+2. The Morgan fingerprint density at radius 2 is 1.00 bits per heavy atom. The molecule has 0 N–H and O–H groups in total. The molecule has 13 heavy (non-hydrogen) atoms. The highest BCUT2D eigenvalue weighted by molar-refractivity contribution is 4.78. The van der Waals surface area contributed by atoms with Gasteiger partial charge in [0.1, 0.15) is 12.1 Å². The van der Waals surface area contributed by atoms with Crippen LogP contribution in [0.2, 0.25) is 0 Å². The van der Waals surface area contributed by atoms with Crippen molar-refractivity contribution in [3.05, 3.63) is 0 Å². The lowest BCUT2D eigenvalue weighted by Gasteiger charge is -2.41. The van der Waals surface area contributed by atoms with Crippen LogP contribution in [0.1, 0.15) is 19.3 Å².